The van der Waals surface area contributed by atoms with Gasteiger partial charge in [-0.25, -0.2) is 0 Å². The molecule has 0 N–H and O–H groups in total. The molecule has 0 saturated heterocycles. The van der Waals surface area contributed by atoms with Crippen molar-refractivity contribution in [2.75, 3.05) is 0 Å². The van der Waals surface area contributed by atoms with E-state index in [1.165, 1.54) is 43.8 Å². The highest BCUT2D eigenvalue weighted by molar-refractivity contribution is 9.10. The first-order valence-corrected chi connectivity index (χ1v) is 9.50. The monoisotopic (exact) mass is 384 g/mol. The summed E-state index contributed by atoms with van der Waals surface area (Å²) in [4.78, 5) is 0. The lowest BCUT2D eigenvalue weighted by molar-refractivity contribution is 1.00. The van der Waals surface area contributed by atoms with Gasteiger partial charge in [-0.3, -0.25) is 0 Å². The lowest BCUT2D eigenvalue weighted by Crippen LogP contribution is -1.97. The molecule has 0 fully saturated rings. The van der Waals surface area contributed by atoms with Crippen LogP contribution in [0.4, 0.5) is 0 Å². The zero-order valence-corrected chi connectivity index (χ0v) is 15.4. The molecule has 4 aromatic rings. The Hall–Kier alpha value is -2.38. The first kappa shape index (κ1) is 14.9. The minimum absolute atomic E-state index is 1.12. The van der Waals surface area contributed by atoms with Crippen LogP contribution in [0.5, 0.6) is 0 Å². The number of aryl methyl sites for hydroxylation is 1. The Morgan fingerprint density at radius 3 is 2.36 bits per heavy atom. The van der Waals surface area contributed by atoms with Gasteiger partial charge in [0.15, 0.2) is 0 Å². The van der Waals surface area contributed by atoms with Gasteiger partial charge in [0.1, 0.15) is 0 Å². The average Bonchev–Trinajstić information content (AvgIpc) is 2.68. The molecule has 0 atom stereocenters. The van der Waals surface area contributed by atoms with Gasteiger partial charge in [0.05, 0.1) is 0 Å². The van der Waals surface area contributed by atoms with Gasteiger partial charge in [-0.15, -0.1) is 0 Å². The van der Waals surface area contributed by atoms with Crippen molar-refractivity contribution in [3.8, 4) is 11.1 Å². The highest BCUT2D eigenvalue weighted by Crippen LogP contribution is 2.38. The molecule has 0 spiro atoms. The van der Waals surface area contributed by atoms with Gasteiger partial charge in [-0.2, -0.15) is 0 Å². The fraction of sp³-hybridized carbons (Fsp3) is 0.0833. The van der Waals surface area contributed by atoms with E-state index in [1.807, 2.05) is 0 Å². The van der Waals surface area contributed by atoms with Gasteiger partial charge >= 0.3 is 0 Å². The Morgan fingerprint density at radius 1 is 0.680 bits per heavy atom. The van der Waals surface area contributed by atoms with E-state index in [0.29, 0.717) is 0 Å². The van der Waals surface area contributed by atoms with Crippen LogP contribution in [0.1, 0.15) is 17.5 Å². The van der Waals surface area contributed by atoms with Crippen molar-refractivity contribution in [3.63, 3.8) is 0 Å². The van der Waals surface area contributed by atoms with Crippen LogP contribution in [-0.2, 0) is 6.42 Å². The van der Waals surface area contributed by atoms with Crippen molar-refractivity contribution in [3.05, 3.63) is 88.4 Å². The molecule has 1 aliphatic carbocycles. The third-order valence-electron chi connectivity index (χ3n) is 5.18. The number of allylic oxidation sites excluding steroid dienone is 1. The van der Waals surface area contributed by atoms with Gasteiger partial charge < -0.3 is 0 Å². The fourth-order valence-corrected chi connectivity index (χ4v) is 4.43. The summed E-state index contributed by atoms with van der Waals surface area (Å²) in [5, 5.41) is 5.48. The summed E-state index contributed by atoms with van der Waals surface area (Å²) in [5.74, 6) is 0. The molecule has 4 aromatic carbocycles. The zero-order chi connectivity index (χ0) is 16.8. The maximum atomic E-state index is 3.59. The van der Waals surface area contributed by atoms with Crippen molar-refractivity contribution >= 4 is 43.6 Å². The fourth-order valence-electron chi connectivity index (χ4n) is 4.03. The second-order valence-corrected chi connectivity index (χ2v) is 7.57. The highest BCUT2D eigenvalue weighted by Gasteiger charge is 2.15. The summed E-state index contributed by atoms with van der Waals surface area (Å²) in [6.45, 7) is 0. The van der Waals surface area contributed by atoms with Crippen molar-refractivity contribution in [1.82, 2.24) is 0 Å². The van der Waals surface area contributed by atoms with Crippen LogP contribution in [0.3, 0.4) is 0 Å². The minimum Gasteiger partial charge on any atom is -0.0836 e. The maximum absolute atomic E-state index is 3.59. The smallest absolute Gasteiger partial charge is 0.0181 e. The van der Waals surface area contributed by atoms with E-state index in [4.69, 9.17) is 0 Å². The van der Waals surface area contributed by atoms with E-state index in [-0.39, 0.29) is 0 Å². The summed E-state index contributed by atoms with van der Waals surface area (Å²) in [6, 6.07) is 24.3. The molecule has 0 heterocycles. The number of hydrogen-bond acceptors (Lipinski definition) is 0. The highest BCUT2D eigenvalue weighted by atomic mass is 79.9. The van der Waals surface area contributed by atoms with Crippen LogP contribution in [0.15, 0.2) is 77.3 Å². The van der Waals surface area contributed by atoms with Crippen LogP contribution >= 0.6 is 15.9 Å². The molecule has 0 bridgehead atoms. The molecule has 0 saturated carbocycles. The van der Waals surface area contributed by atoms with Crippen LogP contribution < -0.4 is 0 Å². The number of halogens is 1. The summed E-state index contributed by atoms with van der Waals surface area (Å²) >= 11 is 3.59. The van der Waals surface area contributed by atoms with E-state index in [9.17, 15) is 0 Å². The van der Waals surface area contributed by atoms with Crippen LogP contribution in [0.2, 0.25) is 0 Å². The standard InChI is InChI=1S/C24H17Br/c25-18-7-5-6-16(14-18)17-12-13-23-21-10-2-1-8-19(21)20-9-3-4-11-22(20)24(23)15-17/h1-2,4-8,10-15H,3,9H2. The lowest BCUT2D eigenvalue weighted by Gasteiger charge is -2.18. The molecule has 25 heavy (non-hydrogen) atoms. The SMILES string of the molecule is Brc1cccc(-c2ccc3c(c2)c2c(c4ccccc43)CCC=C2)c1. The van der Waals surface area contributed by atoms with Crippen molar-refractivity contribution in [2.45, 2.75) is 12.8 Å². The largest absolute Gasteiger partial charge is 0.0836 e. The Kier molecular flexibility index (Phi) is 3.50. The Labute approximate surface area is 155 Å². The van der Waals surface area contributed by atoms with E-state index >= 15 is 0 Å². The van der Waals surface area contributed by atoms with Crippen LogP contribution in [-0.4, -0.2) is 0 Å². The molecule has 1 heteroatoms. The van der Waals surface area contributed by atoms with E-state index in [2.05, 4.69) is 94.8 Å². The summed E-state index contributed by atoms with van der Waals surface area (Å²) in [7, 11) is 0. The third-order valence-corrected chi connectivity index (χ3v) is 5.67. The topological polar surface area (TPSA) is 0 Å². The first-order valence-electron chi connectivity index (χ1n) is 8.71. The van der Waals surface area contributed by atoms with Crippen LogP contribution in [0, 0.1) is 0 Å². The van der Waals surface area contributed by atoms with Gasteiger partial charge in [-0.1, -0.05) is 76.6 Å². The van der Waals surface area contributed by atoms with Crippen molar-refractivity contribution in [2.24, 2.45) is 0 Å². The number of fused-ring (bicyclic) bond motifs is 6. The van der Waals surface area contributed by atoms with Crippen LogP contribution in [0.25, 0.3) is 38.7 Å². The Morgan fingerprint density at radius 2 is 1.48 bits per heavy atom. The molecule has 0 amide bonds. The third kappa shape index (κ3) is 2.42. The van der Waals surface area contributed by atoms with Crippen molar-refractivity contribution in [1.29, 1.82) is 0 Å². The molecule has 5 rings (SSSR count). The molecule has 120 valence electrons. The molecular weight excluding hydrogens is 368 g/mol. The second-order valence-electron chi connectivity index (χ2n) is 6.65. The summed E-state index contributed by atoms with van der Waals surface area (Å²) in [6.07, 6.45) is 6.89. The molecule has 0 nitrogen and oxygen atoms in total. The summed E-state index contributed by atoms with van der Waals surface area (Å²) < 4.78 is 1.12. The lowest BCUT2D eigenvalue weighted by atomic mass is 9.86. The average molecular weight is 385 g/mol. The quantitative estimate of drug-likeness (QED) is 0.300. The predicted molar refractivity (Wildman–Crippen MR) is 112 cm³/mol. The Balaban J connectivity index is 1.88. The van der Waals surface area contributed by atoms with Gasteiger partial charge in [0, 0.05) is 4.47 Å². The molecule has 1 aliphatic rings. The zero-order valence-electron chi connectivity index (χ0n) is 13.8. The maximum Gasteiger partial charge on any atom is 0.0181 e. The first-order chi connectivity index (χ1) is 12.3. The van der Waals surface area contributed by atoms with Gasteiger partial charge in [-0.05, 0) is 74.8 Å². The van der Waals surface area contributed by atoms with E-state index in [1.54, 1.807) is 0 Å². The van der Waals surface area contributed by atoms with E-state index < -0.39 is 0 Å². The second kappa shape index (κ2) is 5.86. The molecular formula is C24H17Br. The molecule has 0 aromatic heterocycles. The number of hydrogen-bond donors (Lipinski definition) is 0. The predicted octanol–water partition coefficient (Wildman–Crippen LogP) is 7.38. The normalized spacial score (nSPS) is 13.3. The van der Waals surface area contributed by atoms with Crippen molar-refractivity contribution < 1.29 is 0 Å². The molecule has 0 radical (unpaired) electrons. The molecule has 0 aliphatic heterocycles. The molecule has 0 unspecified atom stereocenters. The summed E-state index contributed by atoms with van der Waals surface area (Å²) in [5.41, 5.74) is 5.41. The van der Waals surface area contributed by atoms with Gasteiger partial charge in [0.2, 0.25) is 0 Å². The van der Waals surface area contributed by atoms with E-state index in [0.717, 1.165) is 17.3 Å². The van der Waals surface area contributed by atoms with Gasteiger partial charge in [0.25, 0.3) is 0 Å². The number of benzene rings is 4. The number of rotatable bonds is 1. The minimum atomic E-state index is 1.12. The Bertz CT molecular complexity index is 1150.